The SMILES string of the molecule is COCc1c(N)cccc1O. The number of hydrogen-bond acceptors (Lipinski definition) is 3. The van der Waals surface area contributed by atoms with Gasteiger partial charge in [-0.15, -0.1) is 0 Å². The number of nitrogen functional groups attached to an aromatic ring is 1. The van der Waals surface area contributed by atoms with Gasteiger partial charge in [-0.05, 0) is 12.1 Å². The van der Waals surface area contributed by atoms with Crippen LogP contribution in [-0.4, -0.2) is 12.2 Å². The average Bonchev–Trinajstić information content (AvgIpc) is 1.97. The Morgan fingerprint density at radius 2 is 2.27 bits per heavy atom. The molecule has 0 heterocycles. The number of ether oxygens (including phenoxy) is 1. The van der Waals surface area contributed by atoms with E-state index in [0.29, 0.717) is 17.9 Å². The van der Waals surface area contributed by atoms with Gasteiger partial charge in [-0.2, -0.15) is 0 Å². The standard InChI is InChI=1S/C8H11NO2/c1-11-5-6-7(9)3-2-4-8(6)10/h2-4,10H,5,9H2,1H3. The maximum absolute atomic E-state index is 9.26. The predicted octanol–water partition coefficient (Wildman–Crippen LogP) is 1.12. The van der Waals surface area contributed by atoms with Gasteiger partial charge in [0.05, 0.1) is 6.61 Å². The van der Waals surface area contributed by atoms with E-state index in [1.165, 1.54) is 0 Å². The highest BCUT2D eigenvalue weighted by atomic mass is 16.5. The van der Waals surface area contributed by atoms with E-state index in [1.54, 1.807) is 25.3 Å². The molecule has 0 saturated heterocycles. The van der Waals surface area contributed by atoms with Crippen LogP contribution in [-0.2, 0) is 11.3 Å². The van der Waals surface area contributed by atoms with E-state index in [-0.39, 0.29) is 5.75 Å². The minimum absolute atomic E-state index is 0.187. The molecule has 0 radical (unpaired) electrons. The average molecular weight is 153 g/mol. The molecule has 1 rings (SSSR count). The number of phenols is 1. The number of hydrogen-bond donors (Lipinski definition) is 2. The van der Waals surface area contributed by atoms with Gasteiger partial charge in [-0.25, -0.2) is 0 Å². The first-order valence-electron chi connectivity index (χ1n) is 3.31. The summed E-state index contributed by atoms with van der Waals surface area (Å²) in [4.78, 5) is 0. The molecule has 0 bridgehead atoms. The molecule has 11 heavy (non-hydrogen) atoms. The molecule has 0 aliphatic heterocycles. The number of anilines is 1. The first kappa shape index (κ1) is 7.88. The Morgan fingerprint density at radius 1 is 1.55 bits per heavy atom. The van der Waals surface area contributed by atoms with Crippen molar-refractivity contribution in [2.45, 2.75) is 6.61 Å². The first-order chi connectivity index (χ1) is 5.25. The second kappa shape index (κ2) is 3.25. The van der Waals surface area contributed by atoms with E-state index >= 15 is 0 Å². The Hall–Kier alpha value is -1.22. The highest BCUT2D eigenvalue weighted by Gasteiger charge is 2.02. The van der Waals surface area contributed by atoms with Crippen LogP contribution in [0.1, 0.15) is 5.56 Å². The molecule has 1 aromatic rings. The van der Waals surface area contributed by atoms with Crippen LogP contribution in [0.2, 0.25) is 0 Å². The van der Waals surface area contributed by atoms with E-state index in [0.717, 1.165) is 0 Å². The Kier molecular flexibility index (Phi) is 2.33. The lowest BCUT2D eigenvalue weighted by atomic mass is 10.2. The fourth-order valence-corrected chi connectivity index (χ4v) is 0.894. The highest BCUT2D eigenvalue weighted by molar-refractivity contribution is 5.53. The molecule has 3 heteroatoms. The van der Waals surface area contributed by atoms with E-state index in [2.05, 4.69) is 0 Å². The molecule has 0 atom stereocenters. The molecule has 0 spiro atoms. The number of benzene rings is 1. The smallest absolute Gasteiger partial charge is 0.123 e. The molecule has 3 N–H and O–H groups in total. The summed E-state index contributed by atoms with van der Waals surface area (Å²) in [7, 11) is 1.56. The van der Waals surface area contributed by atoms with Crippen molar-refractivity contribution in [2.24, 2.45) is 0 Å². The number of nitrogens with two attached hydrogens (primary N) is 1. The molecule has 1 aromatic carbocycles. The van der Waals surface area contributed by atoms with Crippen LogP contribution in [0, 0.1) is 0 Å². The monoisotopic (exact) mass is 153 g/mol. The van der Waals surface area contributed by atoms with Crippen LogP contribution < -0.4 is 5.73 Å². The summed E-state index contributed by atoms with van der Waals surface area (Å²) in [6.45, 7) is 0.346. The van der Waals surface area contributed by atoms with E-state index < -0.39 is 0 Å². The molecule has 0 aliphatic carbocycles. The number of aromatic hydroxyl groups is 1. The molecule has 0 aromatic heterocycles. The second-order valence-electron chi connectivity index (χ2n) is 2.28. The van der Waals surface area contributed by atoms with E-state index in [4.69, 9.17) is 10.5 Å². The zero-order chi connectivity index (χ0) is 8.27. The van der Waals surface area contributed by atoms with Crippen LogP contribution in [0.5, 0.6) is 5.75 Å². The maximum atomic E-state index is 9.26. The third kappa shape index (κ3) is 1.62. The van der Waals surface area contributed by atoms with Gasteiger partial charge in [0.1, 0.15) is 5.75 Å². The molecule has 0 unspecified atom stereocenters. The summed E-state index contributed by atoms with van der Waals surface area (Å²) < 4.78 is 4.85. The summed E-state index contributed by atoms with van der Waals surface area (Å²) >= 11 is 0. The van der Waals surface area contributed by atoms with Gasteiger partial charge in [0, 0.05) is 18.4 Å². The third-order valence-electron chi connectivity index (χ3n) is 1.48. The lowest BCUT2D eigenvalue weighted by Crippen LogP contribution is -1.95. The van der Waals surface area contributed by atoms with Crippen LogP contribution >= 0.6 is 0 Å². The lowest BCUT2D eigenvalue weighted by molar-refractivity contribution is 0.182. The Bertz CT molecular complexity index is 228. The van der Waals surface area contributed by atoms with Gasteiger partial charge in [-0.3, -0.25) is 0 Å². The number of rotatable bonds is 2. The summed E-state index contributed by atoms with van der Waals surface area (Å²) in [6, 6.07) is 5.02. The van der Waals surface area contributed by atoms with Crippen LogP contribution in [0.15, 0.2) is 18.2 Å². The normalized spacial score (nSPS) is 9.91. The molecular formula is C8H11NO2. The van der Waals surface area contributed by atoms with Crippen molar-refractivity contribution in [1.82, 2.24) is 0 Å². The lowest BCUT2D eigenvalue weighted by Gasteiger charge is -2.05. The highest BCUT2D eigenvalue weighted by Crippen LogP contribution is 2.22. The van der Waals surface area contributed by atoms with Gasteiger partial charge >= 0.3 is 0 Å². The third-order valence-corrected chi connectivity index (χ3v) is 1.48. The zero-order valence-corrected chi connectivity index (χ0v) is 6.37. The van der Waals surface area contributed by atoms with Crippen molar-refractivity contribution < 1.29 is 9.84 Å². The van der Waals surface area contributed by atoms with E-state index in [9.17, 15) is 5.11 Å². The van der Waals surface area contributed by atoms with Crippen molar-refractivity contribution in [3.8, 4) is 5.75 Å². The van der Waals surface area contributed by atoms with Crippen molar-refractivity contribution in [1.29, 1.82) is 0 Å². The van der Waals surface area contributed by atoms with Gasteiger partial charge in [0.2, 0.25) is 0 Å². The maximum Gasteiger partial charge on any atom is 0.123 e. The summed E-state index contributed by atoms with van der Waals surface area (Å²) in [5, 5.41) is 9.26. The molecule has 0 amide bonds. The second-order valence-corrected chi connectivity index (χ2v) is 2.28. The van der Waals surface area contributed by atoms with Gasteiger partial charge < -0.3 is 15.6 Å². The Balaban J connectivity index is 3.00. The van der Waals surface area contributed by atoms with Gasteiger partial charge in [0.15, 0.2) is 0 Å². The molecular weight excluding hydrogens is 142 g/mol. The van der Waals surface area contributed by atoms with Crippen LogP contribution in [0.3, 0.4) is 0 Å². The quantitative estimate of drug-likeness (QED) is 0.626. The Morgan fingerprint density at radius 3 is 2.82 bits per heavy atom. The van der Waals surface area contributed by atoms with Crippen LogP contribution in [0.4, 0.5) is 5.69 Å². The van der Waals surface area contributed by atoms with Crippen molar-refractivity contribution in [3.63, 3.8) is 0 Å². The molecule has 0 saturated carbocycles. The van der Waals surface area contributed by atoms with Crippen LogP contribution in [0.25, 0.3) is 0 Å². The number of methoxy groups -OCH3 is 1. The summed E-state index contributed by atoms with van der Waals surface area (Å²) in [5.74, 6) is 0.187. The molecule has 0 aliphatic rings. The summed E-state index contributed by atoms with van der Waals surface area (Å²) in [5.41, 5.74) is 6.78. The molecule has 0 fully saturated rings. The Labute approximate surface area is 65.4 Å². The fourth-order valence-electron chi connectivity index (χ4n) is 0.894. The van der Waals surface area contributed by atoms with Gasteiger partial charge in [0.25, 0.3) is 0 Å². The molecule has 60 valence electrons. The summed E-state index contributed by atoms with van der Waals surface area (Å²) in [6.07, 6.45) is 0. The topological polar surface area (TPSA) is 55.5 Å². The molecule has 3 nitrogen and oxygen atoms in total. The van der Waals surface area contributed by atoms with E-state index in [1.807, 2.05) is 0 Å². The van der Waals surface area contributed by atoms with Crippen molar-refractivity contribution in [2.75, 3.05) is 12.8 Å². The van der Waals surface area contributed by atoms with Crippen molar-refractivity contribution >= 4 is 5.69 Å². The minimum atomic E-state index is 0.187. The fraction of sp³-hybridized carbons (Fsp3) is 0.250. The minimum Gasteiger partial charge on any atom is -0.508 e. The van der Waals surface area contributed by atoms with Crippen molar-refractivity contribution in [3.05, 3.63) is 23.8 Å². The van der Waals surface area contributed by atoms with Gasteiger partial charge in [-0.1, -0.05) is 6.07 Å². The first-order valence-corrected chi connectivity index (χ1v) is 3.31. The zero-order valence-electron chi connectivity index (χ0n) is 6.37. The largest absolute Gasteiger partial charge is 0.508 e. The predicted molar refractivity (Wildman–Crippen MR) is 43.2 cm³/mol. The number of phenolic OH excluding ortho intramolecular Hbond substituents is 1.